The van der Waals surface area contributed by atoms with Gasteiger partial charge in [0.2, 0.25) is 0 Å². The quantitative estimate of drug-likeness (QED) is 0.525. The average Bonchev–Trinajstić information content (AvgIpc) is 3.01. The molecular weight excluding hydrogens is 332 g/mol. The van der Waals surface area contributed by atoms with E-state index in [0.717, 1.165) is 9.13 Å². The van der Waals surface area contributed by atoms with Crippen molar-refractivity contribution in [1.29, 1.82) is 0 Å². The van der Waals surface area contributed by atoms with E-state index in [-0.39, 0.29) is 21.5 Å². The molecule has 2 aromatic heterocycles. The van der Waals surface area contributed by atoms with Gasteiger partial charge in [-0.2, -0.15) is 0 Å². The Morgan fingerprint density at radius 3 is 1.50 bits per heavy atom. The monoisotopic (exact) mass is 350 g/mol. The maximum atomic E-state index is 12.6. The standard InChI is InChI=1S/C17H10N2O4.C3H8/c1-18-14(20)10-7-12-13(8-11(10)15(18)21)17(23)19(16(12)22)9-5-3-2-4-6-9;1-3-2/h2-8H,1H3;3H2,1-2H3. The van der Waals surface area contributed by atoms with Gasteiger partial charge in [0.15, 0.2) is 0 Å². The lowest BCUT2D eigenvalue weighted by Crippen LogP contribution is -2.23. The summed E-state index contributed by atoms with van der Waals surface area (Å²) >= 11 is 0. The highest BCUT2D eigenvalue weighted by Crippen LogP contribution is 2.15. The molecule has 4 rings (SSSR count). The molecule has 0 atom stereocenters. The lowest BCUT2D eigenvalue weighted by molar-refractivity contribution is 0.856. The molecule has 0 radical (unpaired) electrons. The fourth-order valence-corrected chi connectivity index (χ4v) is 2.91. The lowest BCUT2D eigenvalue weighted by Gasteiger charge is -1.97. The van der Waals surface area contributed by atoms with Crippen molar-refractivity contribution in [2.45, 2.75) is 20.3 Å². The highest BCUT2D eigenvalue weighted by Gasteiger charge is 2.18. The highest BCUT2D eigenvalue weighted by molar-refractivity contribution is 5.98. The number of benzene rings is 2. The van der Waals surface area contributed by atoms with Crippen LogP contribution < -0.4 is 22.2 Å². The van der Waals surface area contributed by atoms with Gasteiger partial charge in [0.1, 0.15) is 0 Å². The maximum absolute atomic E-state index is 12.6. The summed E-state index contributed by atoms with van der Waals surface area (Å²) in [5.41, 5.74) is -1.46. The van der Waals surface area contributed by atoms with Crippen LogP contribution in [0.4, 0.5) is 0 Å². The number of para-hydroxylation sites is 1. The molecule has 0 saturated heterocycles. The minimum absolute atomic E-state index is 0.147. The van der Waals surface area contributed by atoms with Crippen LogP contribution in [-0.4, -0.2) is 9.13 Å². The van der Waals surface area contributed by atoms with Gasteiger partial charge < -0.3 is 0 Å². The number of rotatable bonds is 1. The first-order valence-electron chi connectivity index (χ1n) is 8.36. The second kappa shape index (κ2) is 6.55. The topological polar surface area (TPSA) is 78.1 Å². The summed E-state index contributed by atoms with van der Waals surface area (Å²) in [6, 6.07) is 11.2. The molecule has 6 heteroatoms. The molecule has 6 nitrogen and oxygen atoms in total. The van der Waals surface area contributed by atoms with Gasteiger partial charge >= 0.3 is 0 Å². The van der Waals surface area contributed by atoms with Crippen molar-refractivity contribution in [3.05, 3.63) is 83.9 Å². The lowest BCUT2D eigenvalue weighted by atomic mass is 10.1. The molecule has 0 N–H and O–H groups in total. The first-order chi connectivity index (χ1) is 12.4. The van der Waals surface area contributed by atoms with Crippen LogP contribution in [0.1, 0.15) is 20.3 Å². The van der Waals surface area contributed by atoms with Gasteiger partial charge in [-0.3, -0.25) is 23.7 Å². The Morgan fingerprint density at radius 1 is 0.692 bits per heavy atom. The third-order valence-electron chi connectivity index (χ3n) is 4.11. The van der Waals surface area contributed by atoms with E-state index in [1.807, 2.05) is 0 Å². The van der Waals surface area contributed by atoms with Crippen LogP contribution in [0.25, 0.3) is 27.2 Å². The van der Waals surface area contributed by atoms with Gasteiger partial charge in [-0.25, -0.2) is 4.57 Å². The zero-order valence-electron chi connectivity index (χ0n) is 14.8. The Bertz CT molecular complexity index is 1230. The Morgan fingerprint density at radius 2 is 1.08 bits per heavy atom. The van der Waals surface area contributed by atoms with E-state index in [4.69, 9.17) is 0 Å². The van der Waals surface area contributed by atoms with E-state index in [2.05, 4.69) is 13.8 Å². The molecule has 26 heavy (non-hydrogen) atoms. The molecule has 0 aliphatic carbocycles. The highest BCUT2D eigenvalue weighted by atomic mass is 16.2. The summed E-state index contributed by atoms with van der Waals surface area (Å²) in [4.78, 5) is 49.2. The van der Waals surface area contributed by atoms with Gasteiger partial charge in [0.05, 0.1) is 27.2 Å². The summed E-state index contributed by atoms with van der Waals surface area (Å²) in [5.74, 6) is 0. The Kier molecular flexibility index (Phi) is 4.42. The molecule has 0 bridgehead atoms. The second-order valence-electron chi connectivity index (χ2n) is 6.10. The summed E-state index contributed by atoms with van der Waals surface area (Å²) < 4.78 is 2.03. The summed E-state index contributed by atoms with van der Waals surface area (Å²) in [5, 5.41) is 0.614. The molecule has 2 aromatic carbocycles. The van der Waals surface area contributed by atoms with E-state index in [1.165, 1.54) is 25.6 Å². The molecule has 0 fully saturated rings. The first-order valence-corrected chi connectivity index (χ1v) is 8.36. The molecule has 0 unspecified atom stereocenters. The SMILES string of the molecule is CCC.Cn1c(=O)c2cc3c(=O)n(-c4ccccc4)c(=O)c3cc2c1=O. The van der Waals surface area contributed by atoms with E-state index in [1.54, 1.807) is 30.3 Å². The van der Waals surface area contributed by atoms with E-state index < -0.39 is 22.2 Å². The van der Waals surface area contributed by atoms with Crippen molar-refractivity contribution in [2.24, 2.45) is 7.05 Å². The Hall–Kier alpha value is -3.28. The van der Waals surface area contributed by atoms with Crippen molar-refractivity contribution in [2.75, 3.05) is 0 Å². The van der Waals surface area contributed by atoms with E-state index in [9.17, 15) is 19.2 Å². The molecule has 0 amide bonds. The van der Waals surface area contributed by atoms with Crippen molar-refractivity contribution in [1.82, 2.24) is 9.13 Å². The molecule has 0 spiro atoms. The van der Waals surface area contributed by atoms with Crippen LogP contribution in [0.5, 0.6) is 0 Å². The fourth-order valence-electron chi connectivity index (χ4n) is 2.91. The zero-order valence-corrected chi connectivity index (χ0v) is 14.8. The molecular formula is C20H18N2O4. The van der Waals surface area contributed by atoms with Crippen molar-refractivity contribution in [3.8, 4) is 5.69 Å². The predicted octanol–water partition coefficient (Wildman–Crippen LogP) is 1.85. The molecule has 132 valence electrons. The van der Waals surface area contributed by atoms with Gasteiger partial charge in [0.25, 0.3) is 22.2 Å². The third kappa shape index (κ3) is 2.50. The van der Waals surface area contributed by atoms with Crippen LogP contribution in [-0.2, 0) is 7.05 Å². The number of fused-ring (bicyclic) bond motifs is 2. The molecule has 0 aliphatic heterocycles. The minimum atomic E-state index is -0.492. The normalized spacial score (nSPS) is 10.9. The predicted molar refractivity (Wildman–Crippen MR) is 103 cm³/mol. The van der Waals surface area contributed by atoms with Crippen molar-refractivity contribution < 1.29 is 0 Å². The van der Waals surface area contributed by atoms with Crippen molar-refractivity contribution >= 4 is 21.5 Å². The second-order valence-corrected chi connectivity index (χ2v) is 6.10. The molecule has 0 saturated carbocycles. The van der Waals surface area contributed by atoms with Crippen LogP contribution in [0.2, 0.25) is 0 Å². The number of hydrogen-bond donors (Lipinski definition) is 0. The van der Waals surface area contributed by atoms with Gasteiger partial charge in [-0.05, 0) is 24.3 Å². The summed E-state index contributed by atoms with van der Waals surface area (Å²) in [6.45, 7) is 4.25. The zero-order chi connectivity index (χ0) is 19.0. The minimum Gasteiger partial charge on any atom is -0.277 e. The number of hydrogen-bond acceptors (Lipinski definition) is 4. The van der Waals surface area contributed by atoms with E-state index in [0.29, 0.717) is 5.69 Å². The van der Waals surface area contributed by atoms with Crippen LogP contribution >= 0.6 is 0 Å². The van der Waals surface area contributed by atoms with Gasteiger partial charge in [0, 0.05) is 7.05 Å². The maximum Gasteiger partial charge on any atom is 0.266 e. The molecule has 4 aromatic rings. The molecule has 0 aliphatic rings. The van der Waals surface area contributed by atoms with Gasteiger partial charge in [-0.1, -0.05) is 38.5 Å². The van der Waals surface area contributed by atoms with E-state index >= 15 is 0 Å². The van der Waals surface area contributed by atoms with Crippen LogP contribution in [0.3, 0.4) is 0 Å². The average molecular weight is 350 g/mol. The smallest absolute Gasteiger partial charge is 0.266 e. The fraction of sp³-hybridized carbons (Fsp3) is 0.200. The Labute approximate surface area is 148 Å². The Balaban J connectivity index is 0.000000613. The molecule has 2 heterocycles. The van der Waals surface area contributed by atoms with Crippen LogP contribution in [0, 0.1) is 0 Å². The first kappa shape index (κ1) is 17.5. The third-order valence-corrected chi connectivity index (χ3v) is 4.11. The van der Waals surface area contributed by atoms with Crippen LogP contribution in [0.15, 0.2) is 61.6 Å². The largest absolute Gasteiger partial charge is 0.277 e. The number of aromatic nitrogens is 2. The summed E-state index contributed by atoms with van der Waals surface area (Å²) in [6.07, 6.45) is 1.25. The number of nitrogens with zero attached hydrogens (tertiary/aromatic N) is 2. The van der Waals surface area contributed by atoms with Crippen molar-refractivity contribution in [3.63, 3.8) is 0 Å². The summed E-state index contributed by atoms with van der Waals surface area (Å²) in [7, 11) is 1.37. The van der Waals surface area contributed by atoms with Gasteiger partial charge in [-0.15, -0.1) is 0 Å².